The number of halogens is 1. The average molecular weight is 484 g/mol. The molecule has 4 heterocycles. The summed E-state index contributed by atoms with van der Waals surface area (Å²) in [4.78, 5) is 40.0. The molecule has 1 unspecified atom stereocenters. The van der Waals surface area contributed by atoms with E-state index < -0.39 is 6.09 Å². The summed E-state index contributed by atoms with van der Waals surface area (Å²) in [5, 5.41) is 0. The van der Waals surface area contributed by atoms with E-state index in [-0.39, 0.29) is 24.4 Å². The Morgan fingerprint density at radius 3 is 2.32 bits per heavy atom. The second-order valence-corrected chi connectivity index (χ2v) is 9.71. The number of pyridine rings is 2. The Bertz CT molecular complexity index is 1080. The topological polar surface area (TPSA) is 78.9 Å². The van der Waals surface area contributed by atoms with Crippen molar-refractivity contribution in [3.63, 3.8) is 0 Å². The van der Waals surface area contributed by atoms with Gasteiger partial charge in [0.2, 0.25) is 0 Å². The molecule has 180 valence electrons. The summed E-state index contributed by atoms with van der Waals surface area (Å²) in [7, 11) is 0. The SMILES string of the molecule is CC1COC(=O)N1c1ccc(C(=O)N2CCN(c3ncc(C4CC4)cc3C3CC3)CC2)cn1.Cl. The van der Waals surface area contributed by atoms with Gasteiger partial charge in [-0.15, -0.1) is 12.4 Å². The summed E-state index contributed by atoms with van der Waals surface area (Å²) in [5.41, 5.74) is 3.36. The van der Waals surface area contributed by atoms with E-state index in [1.807, 2.05) is 11.8 Å². The molecule has 0 radical (unpaired) electrons. The highest BCUT2D eigenvalue weighted by atomic mass is 35.5. The first kappa shape index (κ1) is 22.9. The van der Waals surface area contributed by atoms with Crippen molar-refractivity contribution in [1.29, 1.82) is 0 Å². The zero-order chi connectivity index (χ0) is 22.5. The molecule has 2 aromatic rings. The van der Waals surface area contributed by atoms with Crippen molar-refractivity contribution in [3.05, 3.63) is 47.3 Å². The van der Waals surface area contributed by atoms with Gasteiger partial charge in [0.1, 0.15) is 18.2 Å². The van der Waals surface area contributed by atoms with Gasteiger partial charge in [0.25, 0.3) is 5.91 Å². The van der Waals surface area contributed by atoms with Gasteiger partial charge in [-0.2, -0.15) is 0 Å². The number of ether oxygens (including phenoxy) is 1. The molecule has 1 atom stereocenters. The van der Waals surface area contributed by atoms with Gasteiger partial charge < -0.3 is 14.5 Å². The lowest BCUT2D eigenvalue weighted by Gasteiger charge is -2.36. The maximum atomic E-state index is 13.1. The van der Waals surface area contributed by atoms with E-state index >= 15 is 0 Å². The number of cyclic esters (lactones) is 1. The van der Waals surface area contributed by atoms with Crippen LogP contribution in [0.1, 0.15) is 65.9 Å². The van der Waals surface area contributed by atoms with Gasteiger partial charge in [0.15, 0.2) is 0 Å². The van der Waals surface area contributed by atoms with Gasteiger partial charge >= 0.3 is 6.09 Å². The summed E-state index contributed by atoms with van der Waals surface area (Å²) in [6.45, 7) is 5.15. The van der Waals surface area contributed by atoms with Crippen molar-refractivity contribution in [3.8, 4) is 0 Å². The Morgan fingerprint density at radius 1 is 1.00 bits per heavy atom. The summed E-state index contributed by atoms with van der Waals surface area (Å²) < 4.78 is 5.06. The summed E-state index contributed by atoms with van der Waals surface area (Å²) in [6, 6.07) is 5.81. The fourth-order valence-electron chi connectivity index (χ4n) is 4.88. The molecule has 0 spiro atoms. The number of piperazine rings is 1. The molecule has 9 heteroatoms. The molecule has 0 aromatic carbocycles. The van der Waals surface area contributed by atoms with E-state index in [4.69, 9.17) is 9.72 Å². The van der Waals surface area contributed by atoms with Crippen molar-refractivity contribution in [2.24, 2.45) is 0 Å². The second kappa shape index (κ2) is 9.06. The minimum Gasteiger partial charge on any atom is -0.447 e. The second-order valence-electron chi connectivity index (χ2n) is 9.71. The Kier molecular flexibility index (Phi) is 6.10. The van der Waals surface area contributed by atoms with Crippen molar-refractivity contribution >= 4 is 36.0 Å². The van der Waals surface area contributed by atoms with Crippen molar-refractivity contribution in [1.82, 2.24) is 14.9 Å². The molecular weight excluding hydrogens is 454 g/mol. The van der Waals surface area contributed by atoms with Gasteiger partial charge in [-0.1, -0.05) is 6.07 Å². The van der Waals surface area contributed by atoms with Gasteiger partial charge in [0, 0.05) is 38.6 Å². The lowest BCUT2D eigenvalue weighted by molar-refractivity contribution is 0.0746. The molecule has 34 heavy (non-hydrogen) atoms. The largest absolute Gasteiger partial charge is 0.447 e. The molecule has 4 aliphatic rings. The van der Waals surface area contributed by atoms with Crippen LogP contribution in [0.3, 0.4) is 0 Å². The van der Waals surface area contributed by atoms with E-state index in [0.717, 1.165) is 24.8 Å². The smallest absolute Gasteiger partial charge is 0.415 e. The lowest BCUT2D eigenvalue weighted by atomic mass is 10.1. The highest BCUT2D eigenvalue weighted by molar-refractivity contribution is 5.95. The number of anilines is 2. The molecule has 2 saturated heterocycles. The van der Waals surface area contributed by atoms with Gasteiger partial charge in [-0.3, -0.25) is 9.69 Å². The fourth-order valence-corrected chi connectivity index (χ4v) is 4.88. The van der Waals surface area contributed by atoms with Crippen molar-refractivity contribution in [2.75, 3.05) is 42.6 Å². The average Bonchev–Trinajstić information content (AvgIpc) is 3.77. The Morgan fingerprint density at radius 2 is 1.74 bits per heavy atom. The molecule has 2 aromatic heterocycles. The Labute approximate surface area is 205 Å². The zero-order valence-corrected chi connectivity index (χ0v) is 20.2. The number of amides is 2. The highest BCUT2D eigenvalue weighted by Crippen LogP contribution is 2.47. The molecule has 2 aliphatic heterocycles. The molecule has 2 aliphatic carbocycles. The third kappa shape index (κ3) is 4.31. The zero-order valence-electron chi connectivity index (χ0n) is 19.4. The maximum Gasteiger partial charge on any atom is 0.415 e. The summed E-state index contributed by atoms with van der Waals surface area (Å²) in [6.07, 6.45) is 8.35. The minimum absolute atomic E-state index is 0. The molecular formula is C25H30ClN5O3. The number of nitrogens with zero attached hydrogens (tertiary/aromatic N) is 5. The number of rotatable bonds is 5. The monoisotopic (exact) mass is 483 g/mol. The third-order valence-electron chi connectivity index (χ3n) is 7.18. The molecule has 2 saturated carbocycles. The predicted molar refractivity (Wildman–Crippen MR) is 131 cm³/mol. The van der Waals surface area contributed by atoms with Crippen LogP contribution in [0, 0.1) is 0 Å². The predicted octanol–water partition coefficient (Wildman–Crippen LogP) is 3.96. The van der Waals surface area contributed by atoms with Crippen LogP contribution in [0.2, 0.25) is 0 Å². The number of hydrogen-bond acceptors (Lipinski definition) is 6. The molecule has 4 fully saturated rings. The number of aromatic nitrogens is 2. The third-order valence-corrected chi connectivity index (χ3v) is 7.18. The molecule has 6 rings (SSSR count). The van der Waals surface area contributed by atoms with Gasteiger partial charge in [-0.05, 0) is 67.7 Å². The first-order valence-electron chi connectivity index (χ1n) is 12.0. The van der Waals surface area contributed by atoms with Crippen LogP contribution >= 0.6 is 12.4 Å². The van der Waals surface area contributed by atoms with Crippen LogP contribution in [0.5, 0.6) is 0 Å². The van der Waals surface area contributed by atoms with Gasteiger partial charge in [-0.25, -0.2) is 14.8 Å². The van der Waals surface area contributed by atoms with Gasteiger partial charge in [0.05, 0.1) is 11.6 Å². The summed E-state index contributed by atoms with van der Waals surface area (Å²) in [5.74, 6) is 2.99. The molecule has 0 N–H and O–H groups in total. The number of hydrogen-bond donors (Lipinski definition) is 0. The quantitative estimate of drug-likeness (QED) is 0.640. The number of carbonyl (C=O) groups excluding carboxylic acids is 2. The Hall–Kier alpha value is -2.87. The van der Waals surface area contributed by atoms with Crippen LogP contribution in [-0.4, -0.2) is 65.7 Å². The van der Waals surface area contributed by atoms with E-state index in [0.29, 0.717) is 37.0 Å². The fraction of sp³-hybridized carbons (Fsp3) is 0.520. The Balaban J connectivity index is 0.00000241. The minimum atomic E-state index is -0.394. The standard InChI is InChI=1S/C25H29N5O3.ClH/c1-16-15-33-25(32)30(16)22-7-6-19(13-26-22)24(31)29-10-8-28(9-11-29)23-21(18-4-5-18)12-20(14-27-23)17-2-3-17;/h6-7,12-14,16-18H,2-5,8-11,15H2,1H3;1H. The number of carbonyl (C=O) groups is 2. The van der Waals surface area contributed by atoms with Crippen LogP contribution in [0.4, 0.5) is 16.4 Å². The first-order chi connectivity index (χ1) is 16.1. The van der Waals surface area contributed by atoms with E-state index in [2.05, 4.69) is 22.1 Å². The maximum absolute atomic E-state index is 13.1. The highest BCUT2D eigenvalue weighted by Gasteiger charge is 2.34. The van der Waals surface area contributed by atoms with Crippen LogP contribution in [-0.2, 0) is 4.74 Å². The van der Waals surface area contributed by atoms with Crippen LogP contribution in [0.15, 0.2) is 30.6 Å². The molecule has 0 bridgehead atoms. The van der Waals surface area contributed by atoms with E-state index in [9.17, 15) is 9.59 Å². The molecule has 8 nitrogen and oxygen atoms in total. The van der Waals surface area contributed by atoms with Crippen LogP contribution in [0.25, 0.3) is 0 Å². The normalized spacial score (nSPS) is 22.4. The molecule has 2 amide bonds. The van der Waals surface area contributed by atoms with E-state index in [1.54, 1.807) is 18.3 Å². The lowest BCUT2D eigenvalue weighted by Crippen LogP contribution is -2.49. The van der Waals surface area contributed by atoms with Crippen LogP contribution < -0.4 is 9.80 Å². The van der Waals surface area contributed by atoms with Crippen molar-refractivity contribution < 1.29 is 14.3 Å². The summed E-state index contributed by atoms with van der Waals surface area (Å²) >= 11 is 0. The van der Waals surface area contributed by atoms with Crippen molar-refractivity contribution in [2.45, 2.75) is 50.5 Å². The van der Waals surface area contributed by atoms with E-state index in [1.165, 1.54) is 41.7 Å². The first-order valence-corrected chi connectivity index (χ1v) is 12.0.